The van der Waals surface area contributed by atoms with E-state index in [1.54, 1.807) is 0 Å². The second kappa shape index (κ2) is 11.9. The van der Waals surface area contributed by atoms with Crippen LogP contribution in [-0.2, 0) is 10.2 Å². The Labute approximate surface area is 227 Å². The summed E-state index contributed by atoms with van der Waals surface area (Å²) < 4.78 is 5.70. The van der Waals surface area contributed by atoms with Crippen molar-refractivity contribution in [1.82, 2.24) is 15.3 Å². The fraction of sp³-hybridized carbons (Fsp3) is 0.621. The van der Waals surface area contributed by atoms with Gasteiger partial charge in [-0.3, -0.25) is 0 Å². The second-order valence-electron chi connectivity index (χ2n) is 11.4. The SMILES string of the molecule is C[C@@H]1C[C@@H](C)CN(c2cc(N3CCCCC3)nc(NC(=S)NCC3(c4ccccc4)CCOCC3)n2)C1. The number of anilines is 3. The Morgan fingerprint density at radius 1 is 0.973 bits per heavy atom. The maximum absolute atomic E-state index is 5.78. The largest absolute Gasteiger partial charge is 0.381 e. The molecule has 3 fully saturated rings. The highest BCUT2D eigenvalue weighted by Crippen LogP contribution is 2.34. The molecule has 8 heteroatoms. The zero-order valence-corrected chi connectivity index (χ0v) is 23.2. The average molecular weight is 523 g/mol. The number of benzene rings is 1. The van der Waals surface area contributed by atoms with Crippen LogP contribution in [0.5, 0.6) is 0 Å². The molecule has 0 aliphatic carbocycles. The minimum atomic E-state index is 0.00694. The van der Waals surface area contributed by atoms with Gasteiger partial charge < -0.3 is 25.2 Å². The van der Waals surface area contributed by atoms with Crippen molar-refractivity contribution in [2.45, 2.75) is 57.8 Å². The van der Waals surface area contributed by atoms with Crippen LogP contribution in [0.15, 0.2) is 36.4 Å². The average Bonchev–Trinajstić information content (AvgIpc) is 2.93. The first-order chi connectivity index (χ1) is 18.0. The summed E-state index contributed by atoms with van der Waals surface area (Å²) in [7, 11) is 0. The fourth-order valence-electron chi connectivity index (χ4n) is 6.29. The highest BCUT2D eigenvalue weighted by atomic mass is 32.1. The van der Waals surface area contributed by atoms with E-state index in [0.717, 1.165) is 70.4 Å². The smallest absolute Gasteiger partial charge is 0.232 e. The van der Waals surface area contributed by atoms with Gasteiger partial charge in [0.1, 0.15) is 11.6 Å². The maximum Gasteiger partial charge on any atom is 0.232 e. The Kier molecular flexibility index (Phi) is 8.45. The summed E-state index contributed by atoms with van der Waals surface area (Å²) in [6.07, 6.45) is 6.94. The molecule has 0 amide bonds. The van der Waals surface area contributed by atoms with Crippen molar-refractivity contribution >= 4 is 34.9 Å². The molecule has 0 spiro atoms. The molecular weight excluding hydrogens is 480 g/mol. The number of hydrogen-bond acceptors (Lipinski definition) is 6. The van der Waals surface area contributed by atoms with Gasteiger partial charge >= 0.3 is 0 Å². The molecule has 0 unspecified atom stereocenters. The van der Waals surface area contributed by atoms with Crippen molar-refractivity contribution in [3.63, 3.8) is 0 Å². The predicted octanol–water partition coefficient (Wildman–Crippen LogP) is 4.98. The third kappa shape index (κ3) is 6.52. The molecule has 200 valence electrons. The van der Waals surface area contributed by atoms with E-state index in [0.29, 0.717) is 22.9 Å². The number of thiocarbonyl (C=S) groups is 1. The highest BCUT2D eigenvalue weighted by molar-refractivity contribution is 7.80. The third-order valence-corrected chi connectivity index (χ3v) is 8.47. The van der Waals surface area contributed by atoms with Gasteiger partial charge in [0.05, 0.1) is 0 Å². The first-order valence-electron chi connectivity index (χ1n) is 14.1. The van der Waals surface area contributed by atoms with Gasteiger partial charge in [-0.1, -0.05) is 44.2 Å². The first kappa shape index (κ1) is 26.2. The van der Waals surface area contributed by atoms with Crippen LogP contribution in [0.2, 0.25) is 0 Å². The van der Waals surface area contributed by atoms with Crippen molar-refractivity contribution in [3.05, 3.63) is 42.0 Å². The second-order valence-corrected chi connectivity index (χ2v) is 11.8. The lowest BCUT2D eigenvalue weighted by molar-refractivity contribution is 0.0515. The minimum absolute atomic E-state index is 0.00694. The van der Waals surface area contributed by atoms with Crippen LogP contribution < -0.4 is 20.4 Å². The Morgan fingerprint density at radius 2 is 1.62 bits per heavy atom. The van der Waals surface area contributed by atoms with Gasteiger partial charge in [-0.25, -0.2) is 0 Å². The number of ether oxygens (including phenoxy) is 1. The molecule has 1 aromatic heterocycles. The number of nitrogens with zero attached hydrogens (tertiary/aromatic N) is 4. The van der Waals surface area contributed by atoms with Crippen molar-refractivity contribution in [2.24, 2.45) is 11.8 Å². The molecule has 4 heterocycles. The normalized spacial score (nSPS) is 23.9. The number of hydrogen-bond donors (Lipinski definition) is 2. The van der Waals surface area contributed by atoms with Gasteiger partial charge in [-0.05, 0) is 68.1 Å². The van der Waals surface area contributed by atoms with E-state index in [9.17, 15) is 0 Å². The highest BCUT2D eigenvalue weighted by Gasteiger charge is 2.34. The molecule has 2 N–H and O–H groups in total. The van der Waals surface area contributed by atoms with E-state index in [4.69, 9.17) is 26.9 Å². The molecule has 3 saturated heterocycles. The molecular formula is C29H42N6OS. The van der Waals surface area contributed by atoms with E-state index in [1.165, 1.54) is 31.2 Å². The molecule has 37 heavy (non-hydrogen) atoms. The predicted molar refractivity (Wildman–Crippen MR) is 156 cm³/mol. The number of nitrogens with one attached hydrogen (secondary N) is 2. The topological polar surface area (TPSA) is 65.5 Å². The molecule has 7 nitrogen and oxygen atoms in total. The Bertz CT molecular complexity index is 1030. The Balaban J connectivity index is 1.33. The molecule has 1 aromatic carbocycles. The molecule has 3 aliphatic heterocycles. The van der Waals surface area contributed by atoms with Crippen LogP contribution in [0.1, 0.15) is 57.9 Å². The summed E-state index contributed by atoms with van der Waals surface area (Å²) in [5.74, 6) is 3.91. The molecule has 5 rings (SSSR count). The van der Waals surface area contributed by atoms with Gasteiger partial charge in [-0.15, -0.1) is 0 Å². The summed E-state index contributed by atoms with van der Waals surface area (Å²) in [6, 6.07) is 12.9. The number of piperidine rings is 2. The summed E-state index contributed by atoms with van der Waals surface area (Å²) in [6.45, 7) is 11.1. The zero-order valence-electron chi connectivity index (χ0n) is 22.4. The Hall–Kier alpha value is -2.45. The van der Waals surface area contributed by atoms with E-state index in [-0.39, 0.29) is 5.41 Å². The van der Waals surface area contributed by atoms with Gasteiger partial charge in [-0.2, -0.15) is 9.97 Å². The molecule has 2 atom stereocenters. The van der Waals surface area contributed by atoms with Crippen LogP contribution in [0, 0.1) is 11.8 Å². The summed E-state index contributed by atoms with van der Waals surface area (Å²) in [5, 5.41) is 7.43. The van der Waals surface area contributed by atoms with E-state index < -0.39 is 0 Å². The quantitative estimate of drug-likeness (QED) is 0.515. The van der Waals surface area contributed by atoms with Crippen LogP contribution in [0.3, 0.4) is 0 Å². The standard InChI is InChI=1S/C29H42N6OS/c1-22-17-23(2)20-35(19-22)26-18-25(34-13-7-4-8-14-34)31-27(32-26)33-28(37)30-21-29(11-15-36-16-12-29)24-9-5-3-6-10-24/h3,5-6,9-10,18,22-23H,4,7-8,11-17,19-21H2,1-2H3,(H2,30,31,32,33,37)/t22-,23-/m1/s1. The minimum Gasteiger partial charge on any atom is -0.381 e. The summed E-state index contributed by atoms with van der Waals surface area (Å²) >= 11 is 5.78. The van der Waals surface area contributed by atoms with Crippen LogP contribution in [0.25, 0.3) is 0 Å². The molecule has 0 saturated carbocycles. The molecule has 2 aromatic rings. The maximum atomic E-state index is 5.78. The summed E-state index contributed by atoms with van der Waals surface area (Å²) in [4.78, 5) is 14.7. The van der Waals surface area contributed by atoms with E-state index in [2.05, 4.69) is 70.7 Å². The van der Waals surface area contributed by atoms with Gasteiger partial charge in [0, 0.05) is 57.4 Å². The van der Waals surface area contributed by atoms with Gasteiger partial charge in [0.15, 0.2) is 5.11 Å². The monoisotopic (exact) mass is 522 g/mol. The third-order valence-electron chi connectivity index (χ3n) is 8.22. The molecule has 0 bridgehead atoms. The van der Waals surface area contributed by atoms with Crippen molar-refractivity contribution in [2.75, 3.05) is 61.1 Å². The van der Waals surface area contributed by atoms with Crippen molar-refractivity contribution < 1.29 is 4.74 Å². The molecule has 0 radical (unpaired) electrons. The van der Waals surface area contributed by atoms with Crippen LogP contribution >= 0.6 is 12.2 Å². The lowest BCUT2D eigenvalue weighted by Gasteiger charge is -2.38. The van der Waals surface area contributed by atoms with Crippen molar-refractivity contribution in [1.29, 1.82) is 0 Å². The fourth-order valence-corrected chi connectivity index (χ4v) is 6.45. The van der Waals surface area contributed by atoms with Gasteiger partial charge in [0.25, 0.3) is 0 Å². The van der Waals surface area contributed by atoms with E-state index in [1.807, 2.05) is 0 Å². The van der Waals surface area contributed by atoms with Crippen LogP contribution in [-0.4, -0.2) is 61.0 Å². The lowest BCUT2D eigenvalue weighted by Crippen LogP contribution is -2.45. The molecule has 3 aliphatic rings. The van der Waals surface area contributed by atoms with E-state index >= 15 is 0 Å². The van der Waals surface area contributed by atoms with Crippen molar-refractivity contribution in [3.8, 4) is 0 Å². The van der Waals surface area contributed by atoms with Gasteiger partial charge in [0.2, 0.25) is 5.95 Å². The zero-order chi connectivity index (χ0) is 25.7. The van der Waals surface area contributed by atoms with Crippen LogP contribution in [0.4, 0.5) is 17.6 Å². The Morgan fingerprint density at radius 3 is 2.30 bits per heavy atom. The number of rotatable bonds is 6. The number of aromatic nitrogens is 2. The lowest BCUT2D eigenvalue weighted by atomic mass is 9.74. The summed E-state index contributed by atoms with van der Waals surface area (Å²) in [5.41, 5.74) is 1.35. The first-order valence-corrected chi connectivity index (χ1v) is 14.5.